The Bertz CT molecular complexity index is 142. The van der Waals surface area contributed by atoms with Crippen molar-refractivity contribution in [2.75, 3.05) is 19.6 Å². The maximum atomic E-state index is 10.6. The highest BCUT2D eigenvalue weighted by atomic mass is 16.5. The molecule has 0 heterocycles. The minimum Gasteiger partial charge on any atom is -0.330 e. The van der Waals surface area contributed by atoms with Crippen LogP contribution in [0, 0.1) is 0 Å². The van der Waals surface area contributed by atoms with E-state index in [0.717, 1.165) is 45.3 Å². The molecule has 0 fully saturated rings. The van der Waals surface area contributed by atoms with Crippen LogP contribution in [0.2, 0.25) is 0 Å². The Morgan fingerprint density at radius 3 is 2.50 bits per heavy atom. The second kappa shape index (κ2) is 10.4. The van der Waals surface area contributed by atoms with Gasteiger partial charge < -0.3 is 11.1 Å². The number of unbranched alkanes of at least 4 members (excludes halogenated alkanes) is 2. The van der Waals surface area contributed by atoms with Gasteiger partial charge in [-0.05, 0) is 38.9 Å². The fourth-order valence-corrected chi connectivity index (χ4v) is 1.12. The number of carbonyl (C=O) groups excluding carboxylic acids is 1. The van der Waals surface area contributed by atoms with Gasteiger partial charge in [-0.2, -0.15) is 0 Å². The van der Waals surface area contributed by atoms with E-state index in [-0.39, 0.29) is 5.91 Å². The summed E-state index contributed by atoms with van der Waals surface area (Å²) in [5, 5.41) is 11.5. The molecule has 0 aromatic heterocycles. The van der Waals surface area contributed by atoms with Crippen molar-refractivity contribution >= 4 is 5.91 Å². The number of nitrogens with one attached hydrogen (secondary N) is 2. The van der Waals surface area contributed by atoms with E-state index in [1.807, 2.05) is 0 Å². The van der Waals surface area contributed by atoms with Crippen LogP contribution in [0.1, 0.15) is 32.1 Å². The van der Waals surface area contributed by atoms with Gasteiger partial charge in [-0.25, -0.2) is 5.48 Å². The van der Waals surface area contributed by atoms with Crippen molar-refractivity contribution in [3.8, 4) is 0 Å². The third-order valence-electron chi connectivity index (χ3n) is 1.94. The van der Waals surface area contributed by atoms with Crippen LogP contribution in [0.3, 0.4) is 0 Å². The van der Waals surface area contributed by atoms with Crippen LogP contribution < -0.4 is 16.5 Å². The van der Waals surface area contributed by atoms with E-state index in [4.69, 9.17) is 10.9 Å². The molecule has 0 aliphatic rings. The number of hydroxylamine groups is 1. The highest BCUT2D eigenvalue weighted by Gasteiger charge is 1.97. The lowest BCUT2D eigenvalue weighted by atomic mass is 10.2. The van der Waals surface area contributed by atoms with Crippen LogP contribution in [0.4, 0.5) is 0 Å². The van der Waals surface area contributed by atoms with Crippen molar-refractivity contribution in [2.24, 2.45) is 5.73 Å². The van der Waals surface area contributed by atoms with Gasteiger partial charge in [-0.15, -0.1) is 0 Å². The van der Waals surface area contributed by atoms with E-state index in [0.29, 0.717) is 6.42 Å². The SMILES string of the molecule is NCCCNCCCCCC(=O)NO. The average molecular weight is 203 g/mol. The highest BCUT2D eigenvalue weighted by Crippen LogP contribution is 1.98. The highest BCUT2D eigenvalue weighted by molar-refractivity contribution is 5.74. The monoisotopic (exact) mass is 203 g/mol. The summed E-state index contributed by atoms with van der Waals surface area (Å²) in [6.07, 6.45) is 4.30. The normalized spacial score (nSPS) is 10.1. The van der Waals surface area contributed by atoms with Crippen LogP contribution in [-0.2, 0) is 4.79 Å². The first-order chi connectivity index (χ1) is 6.81. The van der Waals surface area contributed by atoms with Crippen molar-refractivity contribution in [1.82, 2.24) is 10.8 Å². The molecule has 0 saturated heterocycles. The molecule has 5 heteroatoms. The van der Waals surface area contributed by atoms with Gasteiger partial charge in [-0.3, -0.25) is 10.0 Å². The topological polar surface area (TPSA) is 87.4 Å². The Morgan fingerprint density at radius 1 is 1.14 bits per heavy atom. The van der Waals surface area contributed by atoms with Crippen LogP contribution >= 0.6 is 0 Å². The molecule has 0 saturated carbocycles. The lowest BCUT2D eigenvalue weighted by Gasteiger charge is -2.03. The maximum Gasteiger partial charge on any atom is 0.243 e. The van der Waals surface area contributed by atoms with E-state index in [2.05, 4.69) is 5.32 Å². The molecular weight excluding hydrogens is 182 g/mol. The summed E-state index contributed by atoms with van der Waals surface area (Å²) >= 11 is 0. The van der Waals surface area contributed by atoms with Gasteiger partial charge in [0, 0.05) is 6.42 Å². The number of rotatable bonds is 9. The number of nitrogens with two attached hydrogens (primary N) is 1. The van der Waals surface area contributed by atoms with E-state index in [1.165, 1.54) is 0 Å². The van der Waals surface area contributed by atoms with Crippen molar-refractivity contribution < 1.29 is 10.0 Å². The Labute approximate surface area is 85.0 Å². The zero-order valence-electron chi connectivity index (χ0n) is 8.59. The number of carbonyl (C=O) groups is 1. The molecule has 84 valence electrons. The van der Waals surface area contributed by atoms with Crippen LogP contribution in [-0.4, -0.2) is 30.7 Å². The lowest BCUT2D eigenvalue weighted by molar-refractivity contribution is -0.129. The fraction of sp³-hybridized carbons (Fsp3) is 0.889. The van der Waals surface area contributed by atoms with Gasteiger partial charge in [0.1, 0.15) is 0 Å². The molecule has 0 rings (SSSR count). The first kappa shape index (κ1) is 13.4. The van der Waals surface area contributed by atoms with Crippen molar-refractivity contribution in [3.63, 3.8) is 0 Å². The Hall–Kier alpha value is -0.650. The van der Waals surface area contributed by atoms with Gasteiger partial charge in [-0.1, -0.05) is 6.42 Å². The van der Waals surface area contributed by atoms with Gasteiger partial charge in [0.25, 0.3) is 0 Å². The smallest absolute Gasteiger partial charge is 0.243 e. The Morgan fingerprint density at radius 2 is 1.86 bits per heavy atom. The Balaban J connectivity index is 2.95. The zero-order valence-corrected chi connectivity index (χ0v) is 8.59. The Kier molecular flexibility index (Phi) is 9.95. The summed E-state index contributed by atoms with van der Waals surface area (Å²) in [4.78, 5) is 10.6. The van der Waals surface area contributed by atoms with Crippen molar-refractivity contribution in [3.05, 3.63) is 0 Å². The zero-order chi connectivity index (χ0) is 10.6. The predicted octanol–water partition coefficient (Wildman–Crippen LogP) is -0.00940. The molecule has 0 unspecified atom stereocenters. The molecule has 0 aromatic carbocycles. The second-order valence-corrected chi connectivity index (χ2v) is 3.24. The molecule has 0 aromatic rings. The molecule has 0 atom stereocenters. The molecule has 5 nitrogen and oxygen atoms in total. The summed E-state index contributed by atoms with van der Waals surface area (Å²) in [6, 6.07) is 0. The number of hydrogen-bond donors (Lipinski definition) is 4. The standard InChI is InChI=1S/C9H21N3O2/c10-6-4-8-11-7-3-1-2-5-9(13)12-14/h11,14H,1-8,10H2,(H,12,13). The molecule has 0 aliphatic carbocycles. The third-order valence-corrected chi connectivity index (χ3v) is 1.94. The molecular formula is C9H21N3O2. The first-order valence-corrected chi connectivity index (χ1v) is 5.15. The van der Waals surface area contributed by atoms with Gasteiger partial charge in [0.15, 0.2) is 0 Å². The molecule has 5 N–H and O–H groups in total. The second-order valence-electron chi connectivity index (χ2n) is 3.24. The minimum absolute atomic E-state index is 0.305. The predicted molar refractivity (Wildman–Crippen MR) is 54.9 cm³/mol. The number of hydrogen-bond acceptors (Lipinski definition) is 4. The van der Waals surface area contributed by atoms with Crippen LogP contribution in [0.15, 0.2) is 0 Å². The molecule has 0 radical (unpaired) electrons. The maximum absolute atomic E-state index is 10.6. The van der Waals surface area contributed by atoms with E-state index in [1.54, 1.807) is 5.48 Å². The van der Waals surface area contributed by atoms with E-state index >= 15 is 0 Å². The average Bonchev–Trinajstić information content (AvgIpc) is 2.21. The fourth-order valence-electron chi connectivity index (χ4n) is 1.12. The van der Waals surface area contributed by atoms with Gasteiger partial charge in [0.05, 0.1) is 0 Å². The summed E-state index contributed by atoms with van der Waals surface area (Å²) < 4.78 is 0. The summed E-state index contributed by atoms with van der Waals surface area (Å²) in [6.45, 7) is 2.66. The van der Waals surface area contributed by atoms with Crippen molar-refractivity contribution in [2.45, 2.75) is 32.1 Å². The third kappa shape index (κ3) is 9.44. The molecule has 0 bridgehead atoms. The summed E-state index contributed by atoms with van der Waals surface area (Å²) in [5.41, 5.74) is 6.95. The molecule has 0 aliphatic heterocycles. The quantitative estimate of drug-likeness (QED) is 0.241. The molecule has 14 heavy (non-hydrogen) atoms. The van der Waals surface area contributed by atoms with Crippen LogP contribution in [0.5, 0.6) is 0 Å². The minimum atomic E-state index is -0.305. The summed E-state index contributed by atoms with van der Waals surface area (Å²) in [5.74, 6) is -0.305. The van der Waals surface area contributed by atoms with Crippen molar-refractivity contribution in [1.29, 1.82) is 0 Å². The molecule has 0 spiro atoms. The summed E-state index contributed by atoms with van der Waals surface area (Å²) in [7, 11) is 0. The molecule has 1 amide bonds. The van der Waals surface area contributed by atoms with Gasteiger partial charge >= 0.3 is 0 Å². The first-order valence-electron chi connectivity index (χ1n) is 5.15. The van der Waals surface area contributed by atoms with E-state index in [9.17, 15) is 4.79 Å². The lowest BCUT2D eigenvalue weighted by Crippen LogP contribution is -2.20. The van der Waals surface area contributed by atoms with E-state index < -0.39 is 0 Å². The van der Waals surface area contributed by atoms with Gasteiger partial charge in [0.2, 0.25) is 5.91 Å². The number of amides is 1. The largest absolute Gasteiger partial charge is 0.330 e. The van der Waals surface area contributed by atoms with Crippen LogP contribution in [0.25, 0.3) is 0 Å².